The summed E-state index contributed by atoms with van der Waals surface area (Å²) in [4.78, 5) is 15.7. The minimum atomic E-state index is -0.477. The van der Waals surface area contributed by atoms with Gasteiger partial charge in [-0.2, -0.15) is 5.10 Å². The monoisotopic (exact) mass is 325 g/mol. The van der Waals surface area contributed by atoms with Crippen LogP contribution in [0.4, 0.5) is 0 Å². The maximum absolute atomic E-state index is 12.0. The second-order valence-corrected chi connectivity index (χ2v) is 5.03. The van der Waals surface area contributed by atoms with E-state index in [0.717, 1.165) is 23.0 Å². The molecule has 24 heavy (non-hydrogen) atoms. The van der Waals surface area contributed by atoms with E-state index in [4.69, 9.17) is 9.15 Å². The Morgan fingerprint density at radius 1 is 1.33 bits per heavy atom. The molecule has 0 atom stereocenters. The molecular formula is C17H15N3O4. The van der Waals surface area contributed by atoms with Crippen LogP contribution in [0.15, 0.2) is 53.6 Å². The SMILES string of the molecule is COc1ccccc1Cc1cocc1C(O)=CC(=O)c1ncn[nH]1. The maximum atomic E-state index is 12.0. The Morgan fingerprint density at radius 3 is 2.92 bits per heavy atom. The van der Waals surface area contributed by atoms with Crippen LogP contribution in [0.25, 0.3) is 5.76 Å². The lowest BCUT2D eigenvalue weighted by molar-refractivity contribution is 0.103. The van der Waals surface area contributed by atoms with Gasteiger partial charge in [-0.25, -0.2) is 4.98 Å². The molecule has 0 fully saturated rings. The zero-order valence-corrected chi connectivity index (χ0v) is 12.9. The first kappa shape index (κ1) is 15.5. The second kappa shape index (κ2) is 6.82. The van der Waals surface area contributed by atoms with E-state index in [1.807, 2.05) is 24.3 Å². The zero-order chi connectivity index (χ0) is 16.9. The van der Waals surface area contributed by atoms with E-state index in [-0.39, 0.29) is 11.6 Å². The van der Waals surface area contributed by atoms with Crippen molar-refractivity contribution in [1.29, 1.82) is 0 Å². The van der Waals surface area contributed by atoms with Gasteiger partial charge in [0.15, 0.2) is 5.82 Å². The van der Waals surface area contributed by atoms with Crippen molar-refractivity contribution < 1.29 is 19.1 Å². The van der Waals surface area contributed by atoms with E-state index in [2.05, 4.69) is 15.2 Å². The predicted molar refractivity (Wildman–Crippen MR) is 85.8 cm³/mol. The summed E-state index contributed by atoms with van der Waals surface area (Å²) in [5, 5.41) is 16.3. The van der Waals surface area contributed by atoms with Gasteiger partial charge in [0.1, 0.15) is 24.1 Å². The van der Waals surface area contributed by atoms with Gasteiger partial charge in [0.2, 0.25) is 5.78 Å². The fourth-order valence-corrected chi connectivity index (χ4v) is 2.33. The summed E-state index contributed by atoms with van der Waals surface area (Å²) in [6.45, 7) is 0. The summed E-state index contributed by atoms with van der Waals surface area (Å²) >= 11 is 0. The molecule has 0 aliphatic carbocycles. The van der Waals surface area contributed by atoms with Crippen molar-refractivity contribution in [3.63, 3.8) is 0 Å². The van der Waals surface area contributed by atoms with E-state index in [1.165, 1.54) is 18.9 Å². The van der Waals surface area contributed by atoms with Crippen molar-refractivity contribution in [3.8, 4) is 5.75 Å². The largest absolute Gasteiger partial charge is 0.507 e. The van der Waals surface area contributed by atoms with Crippen LogP contribution in [0.2, 0.25) is 0 Å². The zero-order valence-electron chi connectivity index (χ0n) is 12.9. The fraction of sp³-hybridized carbons (Fsp3) is 0.118. The topological polar surface area (TPSA) is 101 Å². The van der Waals surface area contributed by atoms with E-state index >= 15 is 0 Å². The van der Waals surface area contributed by atoms with Gasteiger partial charge in [0, 0.05) is 18.1 Å². The molecule has 0 amide bonds. The second-order valence-electron chi connectivity index (χ2n) is 5.03. The standard InChI is InChI=1S/C17H15N3O4/c1-23-16-5-3-2-4-11(16)6-12-8-24-9-13(12)14(21)7-15(22)17-18-10-19-20-17/h2-5,7-10,21H,6H2,1H3,(H,18,19,20). The van der Waals surface area contributed by atoms with Crippen LogP contribution in [-0.2, 0) is 6.42 Å². The Bertz CT molecular complexity index is 866. The Morgan fingerprint density at radius 2 is 2.17 bits per heavy atom. The first-order valence-electron chi connectivity index (χ1n) is 7.16. The number of aromatic nitrogens is 3. The lowest BCUT2D eigenvalue weighted by Crippen LogP contribution is -2.00. The Kier molecular flexibility index (Phi) is 4.42. The van der Waals surface area contributed by atoms with E-state index in [9.17, 15) is 9.90 Å². The minimum Gasteiger partial charge on any atom is -0.507 e. The molecule has 1 aromatic carbocycles. The van der Waals surface area contributed by atoms with Crippen molar-refractivity contribution in [1.82, 2.24) is 15.2 Å². The molecule has 0 aliphatic rings. The first-order valence-corrected chi connectivity index (χ1v) is 7.16. The molecule has 0 saturated heterocycles. The molecule has 0 aliphatic heterocycles. The summed E-state index contributed by atoms with van der Waals surface area (Å²) in [6, 6.07) is 7.57. The highest BCUT2D eigenvalue weighted by Crippen LogP contribution is 2.26. The molecule has 2 N–H and O–H groups in total. The Labute approximate surface area is 137 Å². The number of nitrogens with zero attached hydrogens (tertiary/aromatic N) is 2. The lowest BCUT2D eigenvalue weighted by Gasteiger charge is -2.08. The third kappa shape index (κ3) is 3.19. The van der Waals surface area contributed by atoms with E-state index in [1.54, 1.807) is 7.11 Å². The van der Waals surface area contributed by atoms with E-state index < -0.39 is 5.78 Å². The molecule has 0 bridgehead atoms. The molecule has 0 radical (unpaired) electrons. The highest BCUT2D eigenvalue weighted by molar-refractivity contribution is 6.05. The number of carbonyl (C=O) groups is 1. The van der Waals surface area contributed by atoms with Gasteiger partial charge in [-0.15, -0.1) is 0 Å². The summed E-state index contributed by atoms with van der Waals surface area (Å²) in [6.07, 6.45) is 5.72. The van der Waals surface area contributed by atoms with Gasteiger partial charge in [0.25, 0.3) is 0 Å². The number of allylic oxidation sites excluding steroid dienone is 1. The molecule has 3 rings (SSSR count). The molecule has 2 aromatic heterocycles. The quantitative estimate of drug-likeness (QED) is 0.410. The number of furan rings is 1. The number of carbonyl (C=O) groups excluding carboxylic acids is 1. The number of benzene rings is 1. The number of aliphatic hydroxyl groups excluding tert-OH is 1. The Balaban J connectivity index is 1.86. The summed E-state index contributed by atoms with van der Waals surface area (Å²) < 4.78 is 10.5. The number of rotatable bonds is 6. The van der Waals surface area contributed by atoms with Crippen molar-refractivity contribution in [3.05, 3.63) is 71.7 Å². The number of ether oxygens (including phenoxy) is 1. The molecular weight excluding hydrogens is 310 g/mol. The average molecular weight is 325 g/mol. The average Bonchev–Trinajstić information content (AvgIpc) is 3.27. The normalized spacial score (nSPS) is 11.5. The fourth-order valence-electron chi connectivity index (χ4n) is 2.33. The van der Waals surface area contributed by atoms with Crippen LogP contribution in [-0.4, -0.2) is 33.2 Å². The summed E-state index contributed by atoms with van der Waals surface area (Å²) in [7, 11) is 1.60. The number of para-hydroxylation sites is 1. The molecule has 0 spiro atoms. The van der Waals surface area contributed by atoms with Gasteiger partial charge in [-0.1, -0.05) is 18.2 Å². The van der Waals surface area contributed by atoms with Gasteiger partial charge in [-0.05, 0) is 11.6 Å². The van der Waals surface area contributed by atoms with Crippen LogP contribution in [0.3, 0.4) is 0 Å². The maximum Gasteiger partial charge on any atom is 0.226 e. The number of nitrogens with one attached hydrogen (secondary N) is 1. The third-order valence-corrected chi connectivity index (χ3v) is 3.51. The van der Waals surface area contributed by atoms with Crippen molar-refractivity contribution in [2.75, 3.05) is 7.11 Å². The molecule has 122 valence electrons. The number of aromatic amines is 1. The molecule has 0 unspecified atom stereocenters. The molecule has 0 saturated carbocycles. The molecule has 7 nitrogen and oxygen atoms in total. The number of hydrogen-bond donors (Lipinski definition) is 2. The summed E-state index contributed by atoms with van der Waals surface area (Å²) in [5.74, 6) is 0.117. The van der Waals surface area contributed by atoms with Gasteiger partial charge < -0.3 is 14.3 Å². The number of aliphatic hydroxyl groups is 1. The number of methoxy groups -OCH3 is 1. The van der Waals surface area contributed by atoms with Crippen LogP contribution < -0.4 is 4.74 Å². The van der Waals surface area contributed by atoms with Crippen molar-refractivity contribution >= 4 is 11.5 Å². The molecule has 2 heterocycles. The number of hydrogen-bond acceptors (Lipinski definition) is 6. The molecule has 7 heteroatoms. The van der Waals surface area contributed by atoms with Crippen molar-refractivity contribution in [2.45, 2.75) is 6.42 Å². The minimum absolute atomic E-state index is 0.0522. The smallest absolute Gasteiger partial charge is 0.226 e. The van der Waals surface area contributed by atoms with Gasteiger partial charge >= 0.3 is 0 Å². The summed E-state index contributed by atoms with van der Waals surface area (Å²) in [5.41, 5.74) is 2.12. The number of ketones is 1. The van der Waals surface area contributed by atoms with E-state index in [0.29, 0.717) is 12.0 Å². The Hall–Kier alpha value is -3.35. The van der Waals surface area contributed by atoms with Crippen LogP contribution in [0.5, 0.6) is 5.75 Å². The highest BCUT2D eigenvalue weighted by Gasteiger charge is 2.15. The first-order chi connectivity index (χ1) is 11.7. The predicted octanol–water partition coefficient (Wildman–Crippen LogP) is 2.78. The third-order valence-electron chi connectivity index (χ3n) is 3.51. The van der Waals surface area contributed by atoms with Crippen LogP contribution >= 0.6 is 0 Å². The number of H-pyrrole nitrogens is 1. The lowest BCUT2D eigenvalue weighted by atomic mass is 10.0. The van der Waals surface area contributed by atoms with Crippen LogP contribution in [0, 0.1) is 0 Å². The molecule has 3 aromatic rings. The highest BCUT2D eigenvalue weighted by atomic mass is 16.5. The van der Waals surface area contributed by atoms with Crippen LogP contribution in [0.1, 0.15) is 27.3 Å². The van der Waals surface area contributed by atoms with Crippen molar-refractivity contribution in [2.24, 2.45) is 0 Å². The van der Waals surface area contributed by atoms with Gasteiger partial charge in [0.05, 0.1) is 18.9 Å². The van der Waals surface area contributed by atoms with Gasteiger partial charge in [-0.3, -0.25) is 9.89 Å².